The van der Waals surface area contributed by atoms with E-state index in [9.17, 15) is 4.39 Å². The highest BCUT2D eigenvalue weighted by atomic mass is 79.9. The van der Waals surface area contributed by atoms with Gasteiger partial charge < -0.3 is 10.1 Å². The number of hydrogen-bond donors (Lipinski definition) is 1. The Kier molecular flexibility index (Phi) is 6.43. The van der Waals surface area contributed by atoms with Crippen LogP contribution in [0.1, 0.15) is 45.2 Å². The third kappa shape index (κ3) is 4.01. The van der Waals surface area contributed by atoms with Crippen molar-refractivity contribution in [3.8, 4) is 0 Å². The molecule has 4 heteroatoms. The highest BCUT2D eigenvalue weighted by molar-refractivity contribution is 9.10. The van der Waals surface area contributed by atoms with Crippen LogP contribution in [0.15, 0.2) is 22.7 Å². The van der Waals surface area contributed by atoms with E-state index >= 15 is 0 Å². The monoisotopic (exact) mass is 331 g/mol. The van der Waals surface area contributed by atoms with Gasteiger partial charge in [-0.2, -0.15) is 0 Å². The predicted octanol–water partition coefficient (Wildman–Crippen LogP) is 4.44. The number of methoxy groups -OCH3 is 1. The summed E-state index contributed by atoms with van der Waals surface area (Å²) in [7, 11) is 1.68. The van der Waals surface area contributed by atoms with Gasteiger partial charge in [-0.3, -0.25) is 0 Å². The van der Waals surface area contributed by atoms with Crippen LogP contribution in [-0.2, 0) is 4.74 Å². The lowest BCUT2D eigenvalue weighted by molar-refractivity contribution is -0.0308. The molecular weight excluding hydrogens is 309 g/mol. The molecule has 0 spiro atoms. The lowest BCUT2D eigenvalue weighted by Crippen LogP contribution is -2.43. The molecule has 0 aliphatic heterocycles. The maximum Gasteiger partial charge on any atom is 0.128 e. The van der Waals surface area contributed by atoms with Crippen LogP contribution in [0, 0.1) is 5.82 Å². The van der Waals surface area contributed by atoms with Crippen LogP contribution in [0.25, 0.3) is 0 Å². The van der Waals surface area contributed by atoms with Crippen LogP contribution in [0.3, 0.4) is 0 Å². The minimum atomic E-state index is -0.434. The summed E-state index contributed by atoms with van der Waals surface area (Å²) in [4.78, 5) is 0. The lowest BCUT2D eigenvalue weighted by Gasteiger charge is -2.37. The SMILES string of the molecule is CCCNC(c1cc(Br)ccc1F)C(C)(CC)OC. The van der Waals surface area contributed by atoms with Gasteiger partial charge in [0.25, 0.3) is 0 Å². The molecule has 0 saturated heterocycles. The zero-order valence-corrected chi connectivity index (χ0v) is 13.7. The summed E-state index contributed by atoms with van der Waals surface area (Å²) in [5.74, 6) is -0.200. The molecule has 2 atom stereocenters. The van der Waals surface area contributed by atoms with Gasteiger partial charge in [-0.1, -0.05) is 29.8 Å². The van der Waals surface area contributed by atoms with Crippen LogP contribution < -0.4 is 5.32 Å². The van der Waals surface area contributed by atoms with Gasteiger partial charge in [0.15, 0.2) is 0 Å². The summed E-state index contributed by atoms with van der Waals surface area (Å²) in [5, 5.41) is 3.41. The highest BCUT2D eigenvalue weighted by Gasteiger charge is 2.35. The second kappa shape index (κ2) is 7.36. The van der Waals surface area contributed by atoms with Crippen molar-refractivity contribution in [1.82, 2.24) is 5.32 Å². The van der Waals surface area contributed by atoms with Crippen molar-refractivity contribution in [3.05, 3.63) is 34.1 Å². The number of benzene rings is 1. The van der Waals surface area contributed by atoms with Gasteiger partial charge in [0.05, 0.1) is 11.6 Å². The Balaban J connectivity index is 3.18. The average Bonchev–Trinajstić information content (AvgIpc) is 2.42. The molecule has 0 heterocycles. The minimum absolute atomic E-state index is 0.167. The molecule has 108 valence electrons. The molecule has 1 rings (SSSR count). The Labute approximate surface area is 123 Å². The van der Waals surface area contributed by atoms with E-state index in [1.165, 1.54) is 6.07 Å². The zero-order chi connectivity index (χ0) is 14.5. The van der Waals surface area contributed by atoms with Gasteiger partial charge in [0.2, 0.25) is 0 Å². The minimum Gasteiger partial charge on any atom is -0.377 e. The number of halogens is 2. The molecule has 19 heavy (non-hydrogen) atoms. The highest BCUT2D eigenvalue weighted by Crippen LogP contribution is 2.34. The molecule has 0 radical (unpaired) electrons. The molecule has 0 fully saturated rings. The van der Waals surface area contributed by atoms with E-state index < -0.39 is 5.60 Å². The van der Waals surface area contributed by atoms with Gasteiger partial charge in [0, 0.05) is 17.1 Å². The summed E-state index contributed by atoms with van der Waals surface area (Å²) in [6.07, 6.45) is 1.80. The molecule has 1 aromatic carbocycles. The summed E-state index contributed by atoms with van der Waals surface area (Å²) in [6.45, 7) is 6.99. The Bertz CT molecular complexity index is 407. The van der Waals surface area contributed by atoms with Crippen molar-refractivity contribution < 1.29 is 9.13 Å². The molecule has 2 unspecified atom stereocenters. The first-order valence-electron chi connectivity index (χ1n) is 6.72. The third-order valence-electron chi connectivity index (χ3n) is 3.65. The van der Waals surface area contributed by atoms with E-state index in [-0.39, 0.29) is 11.9 Å². The van der Waals surface area contributed by atoms with Crippen molar-refractivity contribution >= 4 is 15.9 Å². The van der Waals surface area contributed by atoms with Crippen LogP contribution in [0.2, 0.25) is 0 Å². The largest absolute Gasteiger partial charge is 0.377 e. The van der Waals surface area contributed by atoms with Gasteiger partial charge in [-0.15, -0.1) is 0 Å². The number of nitrogens with one attached hydrogen (secondary N) is 1. The van der Waals surface area contributed by atoms with Crippen molar-refractivity contribution in [2.45, 2.75) is 45.3 Å². The average molecular weight is 332 g/mol. The van der Waals surface area contributed by atoms with Crippen molar-refractivity contribution in [3.63, 3.8) is 0 Å². The maximum atomic E-state index is 14.1. The standard InChI is InChI=1S/C15H23BrFNO/c1-5-9-18-14(15(3,6-2)19-4)12-10-11(16)7-8-13(12)17/h7-8,10,14,18H,5-6,9H2,1-4H3. The molecule has 1 N–H and O–H groups in total. The smallest absolute Gasteiger partial charge is 0.128 e. The third-order valence-corrected chi connectivity index (χ3v) is 4.14. The van der Waals surface area contributed by atoms with E-state index in [1.807, 2.05) is 13.0 Å². The summed E-state index contributed by atoms with van der Waals surface area (Å²) >= 11 is 3.41. The molecule has 0 aliphatic carbocycles. The fourth-order valence-corrected chi connectivity index (χ4v) is 2.52. The van der Waals surface area contributed by atoms with Gasteiger partial charge >= 0.3 is 0 Å². The van der Waals surface area contributed by atoms with E-state index in [1.54, 1.807) is 13.2 Å². The first-order chi connectivity index (χ1) is 8.98. The van der Waals surface area contributed by atoms with E-state index in [0.717, 1.165) is 23.9 Å². The van der Waals surface area contributed by atoms with Crippen LogP contribution in [0.5, 0.6) is 0 Å². The van der Waals surface area contributed by atoms with Gasteiger partial charge in [0.1, 0.15) is 5.82 Å². The second-order valence-corrected chi connectivity index (χ2v) is 5.84. The molecular formula is C15H23BrFNO. The second-order valence-electron chi connectivity index (χ2n) is 4.92. The summed E-state index contributed by atoms with van der Waals surface area (Å²) < 4.78 is 20.7. The quantitative estimate of drug-likeness (QED) is 0.797. The zero-order valence-electron chi connectivity index (χ0n) is 12.1. The van der Waals surface area contributed by atoms with Crippen LogP contribution >= 0.6 is 15.9 Å². The Morgan fingerprint density at radius 2 is 2.11 bits per heavy atom. The predicted molar refractivity (Wildman–Crippen MR) is 80.8 cm³/mol. The molecule has 0 amide bonds. The van der Waals surface area contributed by atoms with E-state index in [4.69, 9.17) is 4.74 Å². The first kappa shape index (κ1) is 16.6. The molecule has 1 aromatic rings. The number of hydrogen-bond acceptors (Lipinski definition) is 2. The summed E-state index contributed by atoms with van der Waals surface area (Å²) in [6, 6.07) is 4.87. The molecule has 2 nitrogen and oxygen atoms in total. The molecule has 0 saturated carbocycles. The molecule has 0 aliphatic rings. The van der Waals surface area contributed by atoms with Crippen molar-refractivity contribution in [1.29, 1.82) is 0 Å². The number of ether oxygens (including phenoxy) is 1. The Hall–Kier alpha value is -0.450. The topological polar surface area (TPSA) is 21.3 Å². The molecule has 0 bridgehead atoms. The molecule has 0 aromatic heterocycles. The van der Waals surface area contributed by atoms with E-state index in [2.05, 4.69) is 35.1 Å². The lowest BCUT2D eigenvalue weighted by atomic mass is 9.87. The Morgan fingerprint density at radius 1 is 1.42 bits per heavy atom. The first-order valence-corrected chi connectivity index (χ1v) is 7.51. The Morgan fingerprint density at radius 3 is 2.63 bits per heavy atom. The van der Waals surface area contributed by atoms with Crippen LogP contribution in [0.4, 0.5) is 4.39 Å². The van der Waals surface area contributed by atoms with Gasteiger partial charge in [-0.25, -0.2) is 4.39 Å². The fraction of sp³-hybridized carbons (Fsp3) is 0.600. The van der Waals surface area contributed by atoms with Crippen LogP contribution in [-0.4, -0.2) is 19.3 Å². The fourth-order valence-electron chi connectivity index (χ4n) is 2.15. The van der Waals surface area contributed by atoms with Crippen molar-refractivity contribution in [2.75, 3.05) is 13.7 Å². The van der Waals surface area contributed by atoms with E-state index in [0.29, 0.717) is 5.56 Å². The normalized spacial score (nSPS) is 16.1. The number of rotatable bonds is 7. The maximum absolute atomic E-state index is 14.1. The van der Waals surface area contributed by atoms with Gasteiger partial charge in [-0.05, 0) is 44.5 Å². The summed E-state index contributed by atoms with van der Waals surface area (Å²) in [5.41, 5.74) is 0.214. The van der Waals surface area contributed by atoms with Crippen molar-refractivity contribution in [2.24, 2.45) is 0 Å².